The lowest BCUT2D eigenvalue weighted by Gasteiger charge is -2.06. The standard InChI is InChI=1S/C12H11N3OS.C2H3N/c13-5-9-1-3-10(4-2-9)7-15-11(8-16)6-14-12(15)17;1-2-3/h1-4,6,16H,7-8H2,(H,14,17);1H3. The van der Waals surface area contributed by atoms with Gasteiger partial charge in [0, 0.05) is 13.1 Å². The molecule has 0 aliphatic rings. The minimum atomic E-state index is -0.0522. The lowest BCUT2D eigenvalue weighted by Crippen LogP contribution is -2.04. The fourth-order valence-electron chi connectivity index (χ4n) is 1.60. The first kappa shape index (κ1) is 15.6. The average Bonchev–Trinajstić information content (AvgIpc) is 2.81. The predicted octanol–water partition coefficient (Wildman–Crippen LogP) is 2.49. The second-order valence-corrected chi connectivity index (χ2v) is 4.25. The molecule has 0 saturated carbocycles. The number of nitrogens with one attached hydrogen (secondary N) is 1. The number of imidazole rings is 1. The summed E-state index contributed by atoms with van der Waals surface area (Å²) in [5.74, 6) is 0. The first-order valence-corrected chi connectivity index (χ1v) is 6.25. The second kappa shape index (κ2) is 7.90. The molecule has 0 radical (unpaired) electrons. The van der Waals surface area contributed by atoms with Gasteiger partial charge in [-0.2, -0.15) is 10.5 Å². The third kappa shape index (κ3) is 4.06. The summed E-state index contributed by atoms with van der Waals surface area (Å²) in [5.41, 5.74) is 2.42. The Morgan fingerprint density at radius 1 is 1.30 bits per heavy atom. The van der Waals surface area contributed by atoms with Gasteiger partial charge in [-0.15, -0.1) is 0 Å². The van der Waals surface area contributed by atoms with E-state index in [1.807, 2.05) is 16.7 Å². The summed E-state index contributed by atoms with van der Waals surface area (Å²) in [7, 11) is 0. The molecule has 2 aromatic rings. The van der Waals surface area contributed by atoms with E-state index < -0.39 is 0 Å². The number of nitriles is 2. The minimum absolute atomic E-state index is 0.0522. The zero-order chi connectivity index (χ0) is 15.0. The summed E-state index contributed by atoms with van der Waals surface area (Å²) in [6, 6.07) is 11.1. The molecular weight excluding hydrogens is 272 g/mol. The third-order valence-electron chi connectivity index (χ3n) is 2.54. The lowest BCUT2D eigenvalue weighted by molar-refractivity contribution is 0.271. The highest BCUT2D eigenvalue weighted by atomic mass is 32.1. The van der Waals surface area contributed by atoms with Gasteiger partial charge in [-0.1, -0.05) is 12.1 Å². The molecule has 0 aliphatic carbocycles. The van der Waals surface area contributed by atoms with Gasteiger partial charge in [0.05, 0.1) is 36.5 Å². The van der Waals surface area contributed by atoms with E-state index in [4.69, 9.17) is 27.8 Å². The third-order valence-corrected chi connectivity index (χ3v) is 2.88. The lowest BCUT2D eigenvalue weighted by atomic mass is 10.1. The maximum atomic E-state index is 9.16. The highest BCUT2D eigenvalue weighted by Gasteiger charge is 2.03. The normalized spacial score (nSPS) is 9.00. The maximum Gasteiger partial charge on any atom is 0.177 e. The Balaban J connectivity index is 0.000000612. The van der Waals surface area contributed by atoms with Crippen molar-refractivity contribution in [2.75, 3.05) is 0 Å². The van der Waals surface area contributed by atoms with E-state index in [-0.39, 0.29) is 6.61 Å². The quantitative estimate of drug-likeness (QED) is 0.848. The Kier molecular flexibility index (Phi) is 6.18. The van der Waals surface area contributed by atoms with Gasteiger partial charge in [0.2, 0.25) is 0 Å². The SMILES string of the molecule is CC#N.N#Cc1ccc(Cn2c(CO)c[nH]c2=S)cc1. The van der Waals surface area contributed by atoms with Crippen LogP contribution < -0.4 is 0 Å². The van der Waals surface area contributed by atoms with E-state index >= 15 is 0 Å². The molecule has 20 heavy (non-hydrogen) atoms. The van der Waals surface area contributed by atoms with Crippen LogP contribution in [0.3, 0.4) is 0 Å². The number of rotatable bonds is 3. The van der Waals surface area contributed by atoms with Crippen LogP contribution >= 0.6 is 12.2 Å². The number of aromatic nitrogens is 2. The zero-order valence-electron chi connectivity index (χ0n) is 11.0. The van der Waals surface area contributed by atoms with Crippen molar-refractivity contribution in [2.45, 2.75) is 20.1 Å². The Hall–Kier alpha value is -2.41. The van der Waals surface area contributed by atoms with Gasteiger partial charge >= 0.3 is 0 Å². The first-order chi connectivity index (χ1) is 9.65. The number of H-pyrrole nitrogens is 1. The van der Waals surface area contributed by atoms with Crippen molar-refractivity contribution in [2.24, 2.45) is 0 Å². The molecule has 0 aliphatic heterocycles. The van der Waals surface area contributed by atoms with E-state index in [0.29, 0.717) is 16.9 Å². The van der Waals surface area contributed by atoms with Gasteiger partial charge in [0.1, 0.15) is 0 Å². The number of benzene rings is 1. The molecule has 5 nitrogen and oxygen atoms in total. The van der Waals surface area contributed by atoms with Gasteiger partial charge < -0.3 is 14.7 Å². The van der Waals surface area contributed by atoms with Crippen LogP contribution in [-0.2, 0) is 13.2 Å². The summed E-state index contributed by atoms with van der Waals surface area (Å²) in [5, 5.41) is 25.2. The van der Waals surface area contributed by atoms with Gasteiger partial charge in [-0.05, 0) is 29.9 Å². The number of hydrogen-bond donors (Lipinski definition) is 2. The highest BCUT2D eigenvalue weighted by molar-refractivity contribution is 7.71. The summed E-state index contributed by atoms with van der Waals surface area (Å²) in [6.45, 7) is 1.97. The molecule has 0 unspecified atom stereocenters. The number of aromatic amines is 1. The van der Waals surface area contributed by atoms with Crippen molar-refractivity contribution >= 4 is 12.2 Å². The monoisotopic (exact) mass is 286 g/mol. The fraction of sp³-hybridized carbons (Fsp3) is 0.214. The smallest absolute Gasteiger partial charge is 0.177 e. The number of hydrogen-bond acceptors (Lipinski definition) is 4. The summed E-state index contributed by atoms with van der Waals surface area (Å²) in [4.78, 5) is 2.90. The van der Waals surface area contributed by atoms with Crippen molar-refractivity contribution in [1.82, 2.24) is 9.55 Å². The number of nitrogens with zero attached hydrogens (tertiary/aromatic N) is 3. The Bertz CT molecular complexity index is 686. The van der Waals surface area contributed by atoms with Crippen molar-refractivity contribution in [3.8, 4) is 12.1 Å². The van der Waals surface area contributed by atoms with Crippen LogP contribution in [0.5, 0.6) is 0 Å². The Morgan fingerprint density at radius 3 is 2.40 bits per heavy atom. The zero-order valence-corrected chi connectivity index (χ0v) is 11.8. The highest BCUT2D eigenvalue weighted by Crippen LogP contribution is 2.09. The van der Waals surface area contributed by atoms with E-state index in [1.54, 1.807) is 24.4 Å². The summed E-state index contributed by atoms with van der Waals surface area (Å²) < 4.78 is 2.41. The van der Waals surface area contributed by atoms with Gasteiger partial charge in [-0.3, -0.25) is 0 Å². The summed E-state index contributed by atoms with van der Waals surface area (Å²) >= 11 is 5.13. The molecule has 0 saturated heterocycles. The second-order valence-electron chi connectivity index (χ2n) is 3.86. The molecule has 0 atom stereocenters. The maximum absolute atomic E-state index is 9.16. The van der Waals surface area contributed by atoms with Crippen molar-refractivity contribution < 1.29 is 5.11 Å². The number of aliphatic hydroxyl groups excluding tert-OH is 1. The molecule has 0 bridgehead atoms. The van der Waals surface area contributed by atoms with Crippen LogP contribution in [0.1, 0.15) is 23.7 Å². The van der Waals surface area contributed by atoms with Crippen molar-refractivity contribution in [1.29, 1.82) is 10.5 Å². The molecule has 0 fully saturated rings. The van der Waals surface area contributed by atoms with Crippen molar-refractivity contribution in [3.63, 3.8) is 0 Å². The van der Waals surface area contributed by atoms with E-state index in [2.05, 4.69) is 11.1 Å². The molecule has 2 N–H and O–H groups in total. The average molecular weight is 286 g/mol. The fourth-order valence-corrected chi connectivity index (χ4v) is 1.84. The Morgan fingerprint density at radius 2 is 1.90 bits per heavy atom. The van der Waals surface area contributed by atoms with E-state index in [0.717, 1.165) is 11.3 Å². The molecule has 2 rings (SSSR count). The largest absolute Gasteiger partial charge is 0.390 e. The van der Waals surface area contributed by atoms with Gasteiger partial charge in [0.15, 0.2) is 4.77 Å². The van der Waals surface area contributed by atoms with Crippen LogP contribution in [0.4, 0.5) is 0 Å². The van der Waals surface area contributed by atoms with Crippen LogP contribution in [0.15, 0.2) is 30.5 Å². The van der Waals surface area contributed by atoms with Crippen LogP contribution in [0.25, 0.3) is 0 Å². The molecule has 1 heterocycles. The molecule has 0 amide bonds. The van der Waals surface area contributed by atoms with E-state index in [1.165, 1.54) is 6.92 Å². The molecule has 102 valence electrons. The minimum Gasteiger partial charge on any atom is -0.390 e. The van der Waals surface area contributed by atoms with Crippen molar-refractivity contribution in [3.05, 3.63) is 52.1 Å². The van der Waals surface area contributed by atoms with Gasteiger partial charge in [0.25, 0.3) is 0 Å². The molecule has 1 aromatic carbocycles. The topological polar surface area (TPSA) is 88.5 Å². The molecule has 1 aromatic heterocycles. The van der Waals surface area contributed by atoms with Crippen LogP contribution in [-0.4, -0.2) is 14.7 Å². The molecule has 6 heteroatoms. The first-order valence-electron chi connectivity index (χ1n) is 5.84. The molecular formula is C14H14N4OS. The van der Waals surface area contributed by atoms with Crippen LogP contribution in [0.2, 0.25) is 0 Å². The van der Waals surface area contributed by atoms with E-state index in [9.17, 15) is 0 Å². The van der Waals surface area contributed by atoms with Gasteiger partial charge in [-0.25, -0.2) is 0 Å². The summed E-state index contributed by atoms with van der Waals surface area (Å²) in [6.07, 6.45) is 1.70. The van der Waals surface area contributed by atoms with Crippen LogP contribution in [0, 0.1) is 27.4 Å². The predicted molar refractivity (Wildman–Crippen MR) is 77.1 cm³/mol. The molecule has 0 spiro atoms. The number of aliphatic hydroxyl groups is 1. The Labute approximate surface area is 122 Å².